The molecule has 0 aliphatic rings. The van der Waals surface area contributed by atoms with Gasteiger partial charge in [0.2, 0.25) is 0 Å². The number of rotatable bonds is 8. The molecule has 0 atom stereocenters. The van der Waals surface area contributed by atoms with Crippen LogP contribution in [0.5, 0.6) is 11.5 Å². The molecule has 2 aromatic rings. The van der Waals surface area contributed by atoms with Gasteiger partial charge in [-0.25, -0.2) is 0 Å². The first-order chi connectivity index (χ1) is 12.5. The molecule has 0 aliphatic carbocycles. The fourth-order valence-electron chi connectivity index (χ4n) is 2.42. The second-order valence-corrected chi connectivity index (χ2v) is 5.78. The second kappa shape index (κ2) is 9.05. The molecule has 138 valence electrons. The third kappa shape index (κ3) is 4.86. The zero-order chi connectivity index (χ0) is 19.1. The van der Waals surface area contributed by atoms with E-state index in [0.717, 1.165) is 5.56 Å². The summed E-state index contributed by atoms with van der Waals surface area (Å²) in [5.41, 5.74) is 0.535. The first-order valence-corrected chi connectivity index (χ1v) is 8.36. The van der Waals surface area contributed by atoms with Crippen LogP contribution >= 0.6 is 11.6 Å². The summed E-state index contributed by atoms with van der Waals surface area (Å²) in [5.74, 6) is -0.0744. The third-order valence-electron chi connectivity index (χ3n) is 3.61. The highest BCUT2D eigenvalue weighted by molar-refractivity contribution is 6.30. The fraction of sp³-hybridized carbons (Fsp3) is 0.278. The largest absolute Gasteiger partial charge is 0.493 e. The van der Waals surface area contributed by atoms with Crippen molar-refractivity contribution >= 4 is 23.2 Å². The minimum absolute atomic E-state index is 0.0820. The number of hydrogen-bond donors (Lipinski definition) is 1. The SMILES string of the molecule is CCOc1cc([N+](=O)[O-])c(C(=O)NCCc2cccc(Cl)c2)cc1OC. The van der Waals surface area contributed by atoms with Crippen molar-refractivity contribution in [3.63, 3.8) is 0 Å². The van der Waals surface area contributed by atoms with Crippen molar-refractivity contribution in [1.82, 2.24) is 5.32 Å². The number of nitro benzene ring substituents is 1. The topological polar surface area (TPSA) is 90.7 Å². The van der Waals surface area contributed by atoms with Crippen molar-refractivity contribution in [2.45, 2.75) is 13.3 Å². The van der Waals surface area contributed by atoms with Gasteiger partial charge in [-0.2, -0.15) is 0 Å². The molecule has 2 rings (SSSR count). The van der Waals surface area contributed by atoms with E-state index < -0.39 is 10.8 Å². The van der Waals surface area contributed by atoms with Gasteiger partial charge in [-0.05, 0) is 31.0 Å². The summed E-state index contributed by atoms with van der Waals surface area (Å²) in [6.45, 7) is 2.38. The monoisotopic (exact) mass is 378 g/mol. The maximum Gasteiger partial charge on any atom is 0.286 e. The van der Waals surface area contributed by atoms with E-state index in [4.69, 9.17) is 21.1 Å². The van der Waals surface area contributed by atoms with Gasteiger partial charge >= 0.3 is 0 Å². The van der Waals surface area contributed by atoms with Gasteiger partial charge in [0, 0.05) is 17.6 Å². The van der Waals surface area contributed by atoms with E-state index in [1.54, 1.807) is 19.1 Å². The molecule has 0 aliphatic heterocycles. The predicted molar refractivity (Wildman–Crippen MR) is 98.3 cm³/mol. The van der Waals surface area contributed by atoms with Gasteiger partial charge in [0.25, 0.3) is 11.6 Å². The van der Waals surface area contributed by atoms with Crippen LogP contribution in [0.25, 0.3) is 0 Å². The molecule has 1 N–H and O–H groups in total. The van der Waals surface area contributed by atoms with Crippen molar-refractivity contribution in [2.24, 2.45) is 0 Å². The van der Waals surface area contributed by atoms with E-state index in [1.807, 2.05) is 12.1 Å². The molecule has 8 heteroatoms. The second-order valence-electron chi connectivity index (χ2n) is 5.35. The lowest BCUT2D eigenvalue weighted by Crippen LogP contribution is -2.26. The van der Waals surface area contributed by atoms with Crippen LogP contribution in [0.1, 0.15) is 22.8 Å². The zero-order valence-electron chi connectivity index (χ0n) is 14.5. The number of hydrogen-bond acceptors (Lipinski definition) is 5. The first kappa shape index (κ1) is 19.5. The molecule has 0 spiro atoms. The normalized spacial score (nSPS) is 10.3. The van der Waals surface area contributed by atoms with Crippen LogP contribution in [0.2, 0.25) is 5.02 Å². The zero-order valence-corrected chi connectivity index (χ0v) is 15.2. The van der Waals surface area contributed by atoms with Crippen molar-refractivity contribution in [1.29, 1.82) is 0 Å². The Labute approximate surface area is 156 Å². The predicted octanol–water partition coefficient (Wildman–Crippen LogP) is 3.63. The highest BCUT2D eigenvalue weighted by Gasteiger charge is 2.24. The lowest BCUT2D eigenvalue weighted by molar-refractivity contribution is -0.385. The van der Waals surface area contributed by atoms with E-state index in [2.05, 4.69) is 5.32 Å². The van der Waals surface area contributed by atoms with Gasteiger partial charge in [0.15, 0.2) is 11.5 Å². The first-order valence-electron chi connectivity index (χ1n) is 7.98. The Morgan fingerprint density at radius 2 is 2.04 bits per heavy atom. The molecular formula is C18H19ClN2O5. The van der Waals surface area contributed by atoms with E-state index >= 15 is 0 Å². The van der Waals surface area contributed by atoms with E-state index in [-0.39, 0.29) is 22.7 Å². The molecule has 1 amide bonds. The molecule has 0 radical (unpaired) electrons. The maximum atomic E-state index is 12.4. The van der Waals surface area contributed by atoms with Crippen LogP contribution in [0.15, 0.2) is 36.4 Å². The number of methoxy groups -OCH3 is 1. The van der Waals surface area contributed by atoms with Crippen molar-refractivity contribution in [2.75, 3.05) is 20.3 Å². The Balaban J connectivity index is 2.17. The molecule has 0 saturated carbocycles. The maximum absolute atomic E-state index is 12.4. The summed E-state index contributed by atoms with van der Waals surface area (Å²) in [6, 6.07) is 9.80. The van der Waals surface area contributed by atoms with Crippen LogP contribution < -0.4 is 14.8 Å². The van der Waals surface area contributed by atoms with Gasteiger partial charge in [0.1, 0.15) is 5.56 Å². The minimum Gasteiger partial charge on any atom is -0.493 e. The molecule has 7 nitrogen and oxygen atoms in total. The van der Waals surface area contributed by atoms with Gasteiger partial charge in [-0.3, -0.25) is 14.9 Å². The number of nitrogens with one attached hydrogen (secondary N) is 1. The van der Waals surface area contributed by atoms with E-state index in [1.165, 1.54) is 19.2 Å². The summed E-state index contributed by atoms with van der Waals surface area (Å²) in [4.78, 5) is 23.1. The average molecular weight is 379 g/mol. The number of carbonyl (C=O) groups excluding carboxylic acids is 1. The summed E-state index contributed by atoms with van der Waals surface area (Å²) in [6.07, 6.45) is 0.550. The van der Waals surface area contributed by atoms with Gasteiger partial charge in [0.05, 0.1) is 24.7 Å². The minimum atomic E-state index is -0.617. The Morgan fingerprint density at radius 1 is 1.27 bits per heavy atom. The highest BCUT2D eigenvalue weighted by Crippen LogP contribution is 2.34. The highest BCUT2D eigenvalue weighted by atomic mass is 35.5. The standard InChI is InChI=1S/C18H19ClN2O5/c1-3-26-17-11-15(21(23)24)14(10-16(17)25-2)18(22)20-8-7-12-5-4-6-13(19)9-12/h4-6,9-11H,3,7-8H2,1-2H3,(H,20,22). The lowest BCUT2D eigenvalue weighted by atomic mass is 10.1. The Kier molecular flexibility index (Phi) is 6.80. The van der Waals surface area contributed by atoms with Crippen LogP contribution in [-0.4, -0.2) is 31.1 Å². The molecular weight excluding hydrogens is 360 g/mol. The Morgan fingerprint density at radius 3 is 2.65 bits per heavy atom. The number of nitrogens with zero attached hydrogens (tertiary/aromatic N) is 1. The number of amides is 1. The van der Waals surface area contributed by atoms with Crippen LogP contribution in [0.3, 0.4) is 0 Å². The Bertz CT molecular complexity index is 810. The van der Waals surface area contributed by atoms with Crippen molar-refractivity contribution in [3.05, 3.63) is 62.7 Å². The van der Waals surface area contributed by atoms with Crippen molar-refractivity contribution < 1.29 is 19.2 Å². The summed E-state index contributed by atoms with van der Waals surface area (Å²) in [5, 5.41) is 14.6. The van der Waals surface area contributed by atoms with Crippen LogP contribution in [-0.2, 0) is 6.42 Å². The smallest absolute Gasteiger partial charge is 0.286 e. The van der Waals surface area contributed by atoms with Gasteiger partial charge in [-0.15, -0.1) is 0 Å². The number of ether oxygens (including phenoxy) is 2. The summed E-state index contributed by atoms with van der Waals surface area (Å²) < 4.78 is 10.5. The number of benzene rings is 2. The number of carbonyl (C=O) groups is 1. The molecule has 26 heavy (non-hydrogen) atoms. The molecule has 0 bridgehead atoms. The summed E-state index contributed by atoms with van der Waals surface area (Å²) >= 11 is 5.92. The third-order valence-corrected chi connectivity index (χ3v) is 3.85. The number of nitro groups is 1. The van der Waals surface area contributed by atoms with Gasteiger partial charge in [-0.1, -0.05) is 23.7 Å². The van der Waals surface area contributed by atoms with Gasteiger partial charge < -0.3 is 14.8 Å². The molecule has 0 heterocycles. The quantitative estimate of drug-likeness (QED) is 0.559. The molecule has 0 saturated heterocycles. The summed E-state index contributed by atoms with van der Waals surface area (Å²) in [7, 11) is 1.41. The Hall–Kier alpha value is -2.80. The average Bonchev–Trinajstić information content (AvgIpc) is 2.61. The fourth-order valence-corrected chi connectivity index (χ4v) is 2.63. The molecule has 0 unspecified atom stereocenters. The van der Waals surface area contributed by atoms with E-state index in [9.17, 15) is 14.9 Å². The number of halogens is 1. The lowest BCUT2D eigenvalue weighted by Gasteiger charge is -2.12. The molecule has 2 aromatic carbocycles. The van der Waals surface area contributed by atoms with Crippen LogP contribution in [0.4, 0.5) is 5.69 Å². The molecule has 0 fully saturated rings. The molecule has 0 aromatic heterocycles. The van der Waals surface area contributed by atoms with Crippen LogP contribution in [0, 0.1) is 10.1 Å². The van der Waals surface area contributed by atoms with E-state index in [0.29, 0.717) is 24.6 Å². The van der Waals surface area contributed by atoms with Crippen molar-refractivity contribution in [3.8, 4) is 11.5 Å².